The molecule has 0 aliphatic carbocycles. The summed E-state index contributed by atoms with van der Waals surface area (Å²) >= 11 is 0. The van der Waals surface area contributed by atoms with Gasteiger partial charge in [0, 0.05) is 6.92 Å². The molecule has 0 aliphatic rings. The summed E-state index contributed by atoms with van der Waals surface area (Å²) in [5.74, 6) is 0.00409. The van der Waals surface area contributed by atoms with Crippen LogP contribution >= 0.6 is 0 Å². The first-order valence-corrected chi connectivity index (χ1v) is 6.17. The number of rotatable bonds is 5. The van der Waals surface area contributed by atoms with Crippen molar-refractivity contribution in [1.29, 1.82) is 0 Å². The summed E-state index contributed by atoms with van der Waals surface area (Å²) in [6, 6.07) is 8.36. The first-order valence-electron chi connectivity index (χ1n) is 6.17. The van der Waals surface area contributed by atoms with E-state index in [2.05, 4.69) is 48.7 Å². The summed E-state index contributed by atoms with van der Waals surface area (Å²) in [7, 11) is 0. The molecule has 1 atom stereocenters. The van der Waals surface area contributed by atoms with Crippen molar-refractivity contribution < 1.29 is 4.79 Å². The molecule has 2 heteroatoms. The number of unbranched alkanes of at least 4 members (excludes halogenated alkanes) is 1. The number of hydrogen-bond acceptors (Lipinski definition) is 1. The quantitative estimate of drug-likeness (QED) is 0.822. The summed E-state index contributed by atoms with van der Waals surface area (Å²) < 4.78 is 0. The Labute approximate surface area is 104 Å². The summed E-state index contributed by atoms with van der Waals surface area (Å²) in [6.07, 6.45) is 6.61. The van der Waals surface area contributed by atoms with Gasteiger partial charge < -0.3 is 5.32 Å². The molecule has 0 saturated heterocycles. The molecular formula is C15H21NO. The van der Waals surface area contributed by atoms with E-state index in [0.717, 1.165) is 12.0 Å². The number of benzene rings is 1. The Hall–Kier alpha value is -1.57. The van der Waals surface area contributed by atoms with Gasteiger partial charge in [0.15, 0.2) is 0 Å². The summed E-state index contributed by atoms with van der Waals surface area (Å²) in [4.78, 5) is 10.9. The van der Waals surface area contributed by atoms with Gasteiger partial charge >= 0.3 is 0 Å². The number of carbonyl (C=O) groups excluding carboxylic acids is 1. The SMILES string of the molecule is CCC/C=C/c1ccc(C(C)NC(C)=O)cc1. The second kappa shape index (κ2) is 6.89. The normalized spacial score (nSPS) is 12.6. The van der Waals surface area contributed by atoms with E-state index in [4.69, 9.17) is 0 Å². The van der Waals surface area contributed by atoms with Gasteiger partial charge in [-0.3, -0.25) is 4.79 Å². The van der Waals surface area contributed by atoms with Gasteiger partial charge in [-0.2, -0.15) is 0 Å². The van der Waals surface area contributed by atoms with Crippen LogP contribution in [-0.4, -0.2) is 5.91 Å². The Balaban J connectivity index is 2.64. The lowest BCUT2D eigenvalue weighted by molar-refractivity contribution is -0.119. The second-order valence-corrected chi connectivity index (χ2v) is 4.28. The molecule has 0 bridgehead atoms. The Morgan fingerprint density at radius 2 is 2.00 bits per heavy atom. The maximum absolute atomic E-state index is 10.9. The minimum Gasteiger partial charge on any atom is -0.350 e. The first kappa shape index (κ1) is 13.5. The zero-order valence-electron chi connectivity index (χ0n) is 10.9. The van der Waals surface area contributed by atoms with E-state index in [0.29, 0.717) is 0 Å². The highest BCUT2D eigenvalue weighted by atomic mass is 16.1. The molecular weight excluding hydrogens is 210 g/mol. The number of hydrogen-bond donors (Lipinski definition) is 1. The lowest BCUT2D eigenvalue weighted by Gasteiger charge is -2.12. The Kier molecular flexibility index (Phi) is 5.47. The Morgan fingerprint density at radius 1 is 1.35 bits per heavy atom. The lowest BCUT2D eigenvalue weighted by atomic mass is 10.1. The number of allylic oxidation sites excluding steroid dienone is 1. The van der Waals surface area contributed by atoms with E-state index in [1.165, 1.54) is 12.0 Å². The van der Waals surface area contributed by atoms with Crippen molar-refractivity contribution in [2.45, 2.75) is 39.7 Å². The van der Waals surface area contributed by atoms with Crippen LogP contribution in [0.15, 0.2) is 30.3 Å². The molecule has 1 N–H and O–H groups in total. The van der Waals surface area contributed by atoms with E-state index in [1.807, 2.05) is 6.92 Å². The smallest absolute Gasteiger partial charge is 0.217 e. The van der Waals surface area contributed by atoms with Crippen LogP contribution < -0.4 is 5.32 Å². The molecule has 1 aromatic carbocycles. The van der Waals surface area contributed by atoms with Crippen LogP contribution in [0.3, 0.4) is 0 Å². The summed E-state index contributed by atoms with van der Waals surface area (Å²) in [5, 5.41) is 2.87. The summed E-state index contributed by atoms with van der Waals surface area (Å²) in [5.41, 5.74) is 2.34. The van der Waals surface area contributed by atoms with Crippen LogP contribution in [0.5, 0.6) is 0 Å². The predicted octanol–water partition coefficient (Wildman–Crippen LogP) is 3.70. The van der Waals surface area contributed by atoms with Crippen LogP contribution in [0.2, 0.25) is 0 Å². The van der Waals surface area contributed by atoms with Crippen LogP contribution in [0, 0.1) is 0 Å². The molecule has 1 aromatic rings. The fraction of sp³-hybridized carbons (Fsp3) is 0.400. The van der Waals surface area contributed by atoms with Crippen molar-refractivity contribution >= 4 is 12.0 Å². The van der Waals surface area contributed by atoms with Crippen molar-refractivity contribution in [3.8, 4) is 0 Å². The maximum Gasteiger partial charge on any atom is 0.217 e. The minimum atomic E-state index is 0.00409. The van der Waals surface area contributed by atoms with Gasteiger partial charge in [0.2, 0.25) is 5.91 Å². The van der Waals surface area contributed by atoms with Crippen molar-refractivity contribution in [3.05, 3.63) is 41.5 Å². The van der Waals surface area contributed by atoms with Crippen molar-refractivity contribution in [3.63, 3.8) is 0 Å². The second-order valence-electron chi connectivity index (χ2n) is 4.28. The molecule has 0 radical (unpaired) electrons. The van der Waals surface area contributed by atoms with Crippen LogP contribution in [-0.2, 0) is 4.79 Å². The maximum atomic E-state index is 10.9. The van der Waals surface area contributed by atoms with Crippen molar-refractivity contribution in [2.24, 2.45) is 0 Å². The molecule has 17 heavy (non-hydrogen) atoms. The van der Waals surface area contributed by atoms with E-state index in [1.54, 1.807) is 6.92 Å². The number of nitrogens with one attached hydrogen (secondary N) is 1. The van der Waals surface area contributed by atoms with Crippen LogP contribution in [0.25, 0.3) is 6.08 Å². The molecule has 2 nitrogen and oxygen atoms in total. The molecule has 0 aliphatic heterocycles. The zero-order valence-corrected chi connectivity index (χ0v) is 10.9. The number of carbonyl (C=O) groups is 1. The molecule has 0 spiro atoms. The van der Waals surface area contributed by atoms with Gasteiger partial charge in [-0.05, 0) is 24.5 Å². The largest absolute Gasteiger partial charge is 0.350 e. The highest BCUT2D eigenvalue weighted by Gasteiger charge is 2.05. The zero-order chi connectivity index (χ0) is 12.7. The standard InChI is InChI=1S/C15H21NO/c1-4-5-6-7-14-8-10-15(11-9-14)12(2)16-13(3)17/h6-12H,4-5H2,1-3H3,(H,16,17)/b7-6+. The molecule has 0 aromatic heterocycles. The summed E-state index contributed by atoms with van der Waals surface area (Å²) in [6.45, 7) is 5.70. The van der Waals surface area contributed by atoms with Gasteiger partial charge in [-0.1, -0.05) is 49.8 Å². The average molecular weight is 231 g/mol. The third-order valence-electron chi connectivity index (χ3n) is 2.62. The Bertz CT molecular complexity index is 378. The fourth-order valence-corrected chi connectivity index (χ4v) is 1.67. The van der Waals surface area contributed by atoms with E-state index >= 15 is 0 Å². The molecule has 92 valence electrons. The van der Waals surface area contributed by atoms with Gasteiger partial charge in [0.05, 0.1) is 6.04 Å². The lowest BCUT2D eigenvalue weighted by Crippen LogP contribution is -2.23. The van der Waals surface area contributed by atoms with Gasteiger partial charge in [-0.25, -0.2) is 0 Å². The minimum absolute atomic E-state index is 0.00409. The van der Waals surface area contributed by atoms with Gasteiger partial charge in [0.1, 0.15) is 0 Å². The molecule has 1 unspecified atom stereocenters. The van der Waals surface area contributed by atoms with Crippen molar-refractivity contribution in [2.75, 3.05) is 0 Å². The third kappa shape index (κ3) is 4.85. The first-order chi connectivity index (χ1) is 8.13. The molecule has 1 rings (SSSR count). The topological polar surface area (TPSA) is 29.1 Å². The molecule has 0 saturated carbocycles. The van der Waals surface area contributed by atoms with E-state index < -0.39 is 0 Å². The highest BCUT2D eigenvalue weighted by Crippen LogP contribution is 2.14. The Morgan fingerprint density at radius 3 is 2.53 bits per heavy atom. The van der Waals surface area contributed by atoms with Crippen LogP contribution in [0.4, 0.5) is 0 Å². The monoisotopic (exact) mass is 231 g/mol. The van der Waals surface area contributed by atoms with E-state index in [9.17, 15) is 4.79 Å². The van der Waals surface area contributed by atoms with Gasteiger partial charge in [-0.15, -0.1) is 0 Å². The molecule has 0 heterocycles. The van der Waals surface area contributed by atoms with Crippen LogP contribution in [0.1, 0.15) is 50.8 Å². The predicted molar refractivity (Wildman–Crippen MR) is 72.6 cm³/mol. The average Bonchev–Trinajstić information content (AvgIpc) is 2.29. The highest BCUT2D eigenvalue weighted by molar-refractivity contribution is 5.73. The molecule has 1 amide bonds. The fourth-order valence-electron chi connectivity index (χ4n) is 1.67. The third-order valence-corrected chi connectivity index (χ3v) is 2.62. The van der Waals surface area contributed by atoms with Crippen molar-refractivity contribution in [1.82, 2.24) is 5.32 Å². The number of amides is 1. The van der Waals surface area contributed by atoms with E-state index in [-0.39, 0.29) is 11.9 Å². The molecule has 0 fully saturated rings. The van der Waals surface area contributed by atoms with Gasteiger partial charge in [0.25, 0.3) is 0 Å².